The van der Waals surface area contributed by atoms with Gasteiger partial charge in [0.25, 0.3) is 0 Å². The van der Waals surface area contributed by atoms with Gasteiger partial charge < -0.3 is 14.8 Å². The molecule has 1 fully saturated rings. The summed E-state index contributed by atoms with van der Waals surface area (Å²) < 4.78 is 10.9. The highest BCUT2D eigenvalue weighted by Gasteiger charge is 2.33. The predicted molar refractivity (Wildman–Crippen MR) is 84.5 cm³/mol. The molecule has 5 heteroatoms. The van der Waals surface area contributed by atoms with Crippen molar-refractivity contribution in [2.75, 3.05) is 13.7 Å². The van der Waals surface area contributed by atoms with Crippen molar-refractivity contribution in [3.8, 4) is 0 Å². The number of methoxy groups -OCH3 is 1. The van der Waals surface area contributed by atoms with Crippen LogP contribution in [0.15, 0.2) is 30.3 Å². The van der Waals surface area contributed by atoms with Crippen LogP contribution in [0.5, 0.6) is 0 Å². The zero-order valence-corrected chi connectivity index (χ0v) is 13.4. The molecule has 0 bridgehead atoms. The zero-order valence-electron chi connectivity index (χ0n) is 12.6. The Hall–Kier alpha value is -1.10. The minimum atomic E-state index is -0.265. The summed E-state index contributed by atoms with van der Waals surface area (Å²) in [6, 6.07) is 9.97. The first kappa shape index (κ1) is 18.0. The average Bonchev–Trinajstić information content (AvgIpc) is 3.00. The summed E-state index contributed by atoms with van der Waals surface area (Å²) in [6.45, 7) is 3.19. The molecular formula is C16H24ClNO3. The van der Waals surface area contributed by atoms with E-state index in [1.165, 1.54) is 0 Å². The summed E-state index contributed by atoms with van der Waals surface area (Å²) in [5.41, 5.74) is 1.00. The van der Waals surface area contributed by atoms with Crippen molar-refractivity contribution in [1.29, 1.82) is 0 Å². The van der Waals surface area contributed by atoms with Crippen molar-refractivity contribution in [2.24, 2.45) is 5.92 Å². The molecule has 2 rings (SSSR count). The Labute approximate surface area is 132 Å². The Kier molecular flexibility index (Phi) is 7.72. The average molecular weight is 314 g/mol. The van der Waals surface area contributed by atoms with Crippen molar-refractivity contribution in [3.63, 3.8) is 0 Å². The van der Waals surface area contributed by atoms with E-state index in [0.29, 0.717) is 6.61 Å². The molecule has 1 aliphatic rings. The molecule has 0 saturated carbocycles. The first-order valence-electron chi connectivity index (χ1n) is 7.19. The minimum absolute atomic E-state index is 0. The number of halogens is 1. The van der Waals surface area contributed by atoms with Crippen LogP contribution >= 0.6 is 12.4 Å². The maximum Gasteiger partial charge on any atom is 0.311 e. The van der Waals surface area contributed by atoms with E-state index in [-0.39, 0.29) is 36.4 Å². The van der Waals surface area contributed by atoms with Gasteiger partial charge in [0.15, 0.2) is 0 Å². The summed E-state index contributed by atoms with van der Waals surface area (Å²) in [5.74, 6) is -0.464. The number of hydrogen-bond acceptors (Lipinski definition) is 4. The number of hydrogen-bond donors (Lipinski definition) is 1. The highest BCUT2D eigenvalue weighted by molar-refractivity contribution is 5.85. The summed E-state index contributed by atoms with van der Waals surface area (Å²) in [7, 11) is 1.66. The minimum Gasteiger partial charge on any atom is -0.461 e. The van der Waals surface area contributed by atoms with Crippen LogP contribution in [0, 0.1) is 5.92 Å². The van der Waals surface area contributed by atoms with Gasteiger partial charge in [-0.1, -0.05) is 30.3 Å². The fourth-order valence-electron chi connectivity index (χ4n) is 2.70. The molecule has 0 unspecified atom stereocenters. The summed E-state index contributed by atoms with van der Waals surface area (Å²) in [6.07, 6.45) is 2.06. The number of benzene rings is 1. The second kappa shape index (κ2) is 9.03. The van der Waals surface area contributed by atoms with E-state index in [1.807, 2.05) is 37.3 Å². The molecule has 3 atom stereocenters. The van der Waals surface area contributed by atoms with Crippen molar-refractivity contribution in [1.82, 2.24) is 5.32 Å². The monoisotopic (exact) mass is 313 g/mol. The second-order valence-corrected chi connectivity index (χ2v) is 5.29. The van der Waals surface area contributed by atoms with Crippen LogP contribution in [0.1, 0.15) is 25.3 Å². The maximum absolute atomic E-state index is 12.1. The van der Waals surface area contributed by atoms with Gasteiger partial charge in [0, 0.05) is 13.2 Å². The standard InChI is InChI=1S/C16H23NO3.ClH/c1-12(15(19-2)14-9-6-10-17-14)16(18)20-11-13-7-4-3-5-8-13;/h3-5,7-8,12,14-15,17H,6,9-11H2,1-2H3;1H/t12-,14+,15-;/m1./s1. The molecular weight excluding hydrogens is 290 g/mol. The number of esters is 1. The smallest absolute Gasteiger partial charge is 0.311 e. The van der Waals surface area contributed by atoms with Crippen molar-refractivity contribution >= 4 is 18.4 Å². The molecule has 118 valence electrons. The van der Waals surface area contributed by atoms with Crippen LogP contribution in [0.3, 0.4) is 0 Å². The number of nitrogens with one attached hydrogen (secondary N) is 1. The summed E-state index contributed by atoms with van der Waals surface area (Å²) >= 11 is 0. The number of ether oxygens (including phenoxy) is 2. The molecule has 1 N–H and O–H groups in total. The van der Waals surface area contributed by atoms with E-state index in [9.17, 15) is 4.79 Å². The van der Waals surface area contributed by atoms with Gasteiger partial charge >= 0.3 is 5.97 Å². The highest BCUT2D eigenvalue weighted by atomic mass is 35.5. The molecule has 1 aromatic rings. The van der Waals surface area contributed by atoms with Gasteiger partial charge in [-0.2, -0.15) is 0 Å². The Morgan fingerprint density at radius 2 is 2.10 bits per heavy atom. The lowest BCUT2D eigenvalue weighted by atomic mass is 9.96. The van der Waals surface area contributed by atoms with Crippen LogP contribution in [0.2, 0.25) is 0 Å². The van der Waals surface area contributed by atoms with Gasteiger partial charge in [0.05, 0.1) is 12.0 Å². The van der Waals surface area contributed by atoms with Crippen molar-refractivity contribution in [3.05, 3.63) is 35.9 Å². The number of carbonyl (C=O) groups is 1. The SMILES string of the molecule is CO[C@@H]([C@@H]1CCCN1)[C@@H](C)C(=O)OCc1ccccc1.Cl. The fraction of sp³-hybridized carbons (Fsp3) is 0.562. The Balaban J connectivity index is 0.00000220. The summed E-state index contributed by atoms with van der Waals surface area (Å²) in [4.78, 5) is 12.1. The first-order valence-corrected chi connectivity index (χ1v) is 7.19. The third-order valence-corrected chi connectivity index (χ3v) is 3.86. The Morgan fingerprint density at radius 3 is 2.67 bits per heavy atom. The van der Waals surface area contributed by atoms with Crippen LogP contribution in [0.25, 0.3) is 0 Å². The lowest BCUT2D eigenvalue weighted by molar-refractivity contribution is -0.154. The van der Waals surface area contributed by atoms with Gasteiger partial charge in [-0.05, 0) is 31.9 Å². The van der Waals surface area contributed by atoms with Gasteiger partial charge in [-0.3, -0.25) is 4.79 Å². The molecule has 1 aromatic carbocycles. The van der Waals surface area contributed by atoms with Crippen molar-refractivity contribution in [2.45, 2.75) is 38.5 Å². The van der Waals surface area contributed by atoms with Crippen LogP contribution in [-0.4, -0.2) is 31.8 Å². The number of carbonyl (C=O) groups excluding carboxylic acids is 1. The lowest BCUT2D eigenvalue weighted by Gasteiger charge is -2.26. The van der Waals surface area contributed by atoms with Crippen LogP contribution in [0.4, 0.5) is 0 Å². The molecule has 0 radical (unpaired) electrons. The zero-order chi connectivity index (χ0) is 14.4. The lowest BCUT2D eigenvalue weighted by Crippen LogP contribution is -2.43. The number of rotatable bonds is 6. The molecule has 0 aliphatic carbocycles. The maximum atomic E-state index is 12.1. The third-order valence-electron chi connectivity index (χ3n) is 3.86. The van der Waals surface area contributed by atoms with E-state index in [2.05, 4.69) is 5.32 Å². The quantitative estimate of drug-likeness (QED) is 0.820. The first-order chi connectivity index (χ1) is 9.72. The van der Waals surface area contributed by atoms with Crippen LogP contribution in [-0.2, 0) is 20.9 Å². The van der Waals surface area contributed by atoms with E-state index < -0.39 is 0 Å². The van der Waals surface area contributed by atoms with Gasteiger partial charge in [0.2, 0.25) is 0 Å². The fourth-order valence-corrected chi connectivity index (χ4v) is 2.70. The van der Waals surface area contributed by atoms with E-state index in [4.69, 9.17) is 9.47 Å². The largest absolute Gasteiger partial charge is 0.461 e. The van der Waals surface area contributed by atoms with E-state index >= 15 is 0 Å². The van der Waals surface area contributed by atoms with Crippen molar-refractivity contribution < 1.29 is 14.3 Å². The topological polar surface area (TPSA) is 47.6 Å². The third kappa shape index (κ3) is 4.99. The molecule has 21 heavy (non-hydrogen) atoms. The Morgan fingerprint density at radius 1 is 1.38 bits per heavy atom. The molecule has 1 aliphatic heterocycles. The normalized spacial score (nSPS) is 20.4. The van der Waals surface area contributed by atoms with E-state index in [0.717, 1.165) is 24.9 Å². The molecule has 1 heterocycles. The summed E-state index contributed by atoms with van der Waals surface area (Å²) in [5, 5.41) is 3.38. The predicted octanol–water partition coefficient (Wildman–Crippen LogP) is 2.55. The van der Waals surface area contributed by atoms with Crippen LogP contribution < -0.4 is 5.32 Å². The molecule has 0 amide bonds. The molecule has 1 saturated heterocycles. The van der Waals surface area contributed by atoms with Gasteiger partial charge in [-0.15, -0.1) is 12.4 Å². The Bertz CT molecular complexity index is 421. The van der Waals surface area contributed by atoms with Gasteiger partial charge in [0.1, 0.15) is 6.61 Å². The molecule has 4 nitrogen and oxygen atoms in total. The van der Waals surface area contributed by atoms with E-state index in [1.54, 1.807) is 7.11 Å². The van der Waals surface area contributed by atoms with Gasteiger partial charge in [-0.25, -0.2) is 0 Å². The molecule has 0 spiro atoms. The second-order valence-electron chi connectivity index (χ2n) is 5.29. The highest BCUT2D eigenvalue weighted by Crippen LogP contribution is 2.20. The molecule has 0 aromatic heterocycles.